The number of piperidine rings is 1. The number of H-pyrrole nitrogens is 1. The Morgan fingerprint density at radius 2 is 2.21 bits per heavy atom. The van der Waals surface area contributed by atoms with Crippen LogP contribution in [0.1, 0.15) is 36.7 Å². The second-order valence-corrected chi connectivity index (χ2v) is 5.18. The van der Waals surface area contributed by atoms with E-state index in [9.17, 15) is 0 Å². The molecule has 0 atom stereocenters. The number of nitrogens with one attached hydrogen (secondary N) is 2. The van der Waals surface area contributed by atoms with E-state index in [1.807, 2.05) is 24.9 Å². The molecule has 0 bridgehead atoms. The van der Waals surface area contributed by atoms with Crippen LogP contribution in [-0.2, 0) is 13.0 Å². The molecule has 102 valence electrons. The fourth-order valence-corrected chi connectivity index (χ4v) is 2.83. The Kier molecular flexibility index (Phi) is 3.93. The molecule has 1 saturated heterocycles. The lowest BCUT2D eigenvalue weighted by Crippen LogP contribution is -2.27. The molecule has 0 spiro atoms. The number of imidazole rings is 2. The van der Waals surface area contributed by atoms with E-state index in [-0.39, 0.29) is 0 Å². The maximum absolute atomic E-state index is 4.33. The Morgan fingerprint density at radius 3 is 3.00 bits per heavy atom. The van der Waals surface area contributed by atoms with Gasteiger partial charge in [-0.25, -0.2) is 9.97 Å². The van der Waals surface area contributed by atoms with Crippen molar-refractivity contribution < 1.29 is 0 Å². The Labute approximate surface area is 113 Å². The first-order valence-corrected chi connectivity index (χ1v) is 7.12. The summed E-state index contributed by atoms with van der Waals surface area (Å²) < 4.78 is 2.32. The first-order chi connectivity index (χ1) is 9.43. The molecule has 2 aromatic heterocycles. The third kappa shape index (κ3) is 3.04. The average molecular weight is 259 g/mol. The van der Waals surface area contributed by atoms with Crippen molar-refractivity contribution in [1.29, 1.82) is 0 Å². The highest BCUT2D eigenvalue weighted by Crippen LogP contribution is 2.24. The summed E-state index contributed by atoms with van der Waals surface area (Å²) in [6.45, 7) is 3.28. The van der Waals surface area contributed by atoms with Crippen molar-refractivity contribution in [2.24, 2.45) is 0 Å². The molecule has 3 heterocycles. The lowest BCUT2D eigenvalue weighted by molar-refractivity contribution is 0.436. The minimum atomic E-state index is 0.673. The van der Waals surface area contributed by atoms with Crippen LogP contribution in [0.2, 0.25) is 0 Å². The van der Waals surface area contributed by atoms with Crippen LogP contribution in [0.15, 0.2) is 24.9 Å². The van der Waals surface area contributed by atoms with Gasteiger partial charge in [-0.3, -0.25) is 0 Å². The standard InChI is InChI=1S/C14H21N5/c1(2-14-17-7-8-18-14)9-19-11-16-10-13(19)12-3-5-15-6-4-12/h7-8,10-12,15H,1-6,9H2,(H,17,18). The number of nitrogens with zero attached hydrogens (tertiary/aromatic N) is 3. The zero-order valence-corrected chi connectivity index (χ0v) is 11.2. The van der Waals surface area contributed by atoms with Gasteiger partial charge in [0, 0.05) is 43.2 Å². The molecule has 0 unspecified atom stereocenters. The summed E-state index contributed by atoms with van der Waals surface area (Å²) in [6.07, 6.45) is 12.3. The summed E-state index contributed by atoms with van der Waals surface area (Å²) in [5.41, 5.74) is 1.40. The molecule has 1 aliphatic heterocycles. The number of hydrogen-bond donors (Lipinski definition) is 2. The molecule has 5 nitrogen and oxygen atoms in total. The van der Waals surface area contributed by atoms with Crippen molar-refractivity contribution in [2.75, 3.05) is 13.1 Å². The van der Waals surface area contributed by atoms with Crippen molar-refractivity contribution in [2.45, 2.75) is 38.1 Å². The van der Waals surface area contributed by atoms with Gasteiger partial charge in [0.25, 0.3) is 0 Å². The fourth-order valence-electron chi connectivity index (χ4n) is 2.83. The molecule has 0 amide bonds. The van der Waals surface area contributed by atoms with Crippen LogP contribution in [0.4, 0.5) is 0 Å². The molecule has 3 rings (SSSR count). The van der Waals surface area contributed by atoms with Gasteiger partial charge in [0.2, 0.25) is 0 Å². The Balaban J connectivity index is 1.57. The third-order valence-electron chi connectivity index (χ3n) is 3.87. The Hall–Kier alpha value is -1.62. The van der Waals surface area contributed by atoms with Gasteiger partial charge < -0.3 is 14.9 Å². The van der Waals surface area contributed by atoms with Gasteiger partial charge in [-0.1, -0.05) is 0 Å². The summed E-state index contributed by atoms with van der Waals surface area (Å²) in [5, 5.41) is 3.42. The van der Waals surface area contributed by atoms with Crippen LogP contribution >= 0.6 is 0 Å². The van der Waals surface area contributed by atoms with Gasteiger partial charge >= 0.3 is 0 Å². The maximum atomic E-state index is 4.33. The molecule has 2 aromatic rings. The van der Waals surface area contributed by atoms with Crippen molar-refractivity contribution in [3.8, 4) is 0 Å². The van der Waals surface area contributed by atoms with Crippen LogP contribution in [0.3, 0.4) is 0 Å². The van der Waals surface area contributed by atoms with Crippen molar-refractivity contribution in [3.05, 3.63) is 36.4 Å². The summed E-state index contributed by atoms with van der Waals surface area (Å²) >= 11 is 0. The quantitative estimate of drug-likeness (QED) is 0.859. The van der Waals surface area contributed by atoms with Gasteiger partial charge in [-0.15, -0.1) is 0 Å². The van der Waals surface area contributed by atoms with Crippen LogP contribution in [-0.4, -0.2) is 32.6 Å². The minimum Gasteiger partial charge on any atom is -0.349 e. The van der Waals surface area contributed by atoms with Gasteiger partial charge in [-0.05, 0) is 32.4 Å². The van der Waals surface area contributed by atoms with E-state index in [1.54, 1.807) is 0 Å². The highest BCUT2D eigenvalue weighted by molar-refractivity contribution is 5.07. The summed E-state index contributed by atoms with van der Waals surface area (Å²) in [5.74, 6) is 1.75. The monoisotopic (exact) mass is 259 g/mol. The average Bonchev–Trinajstić information content (AvgIpc) is 3.11. The lowest BCUT2D eigenvalue weighted by atomic mass is 9.95. The number of rotatable bonds is 5. The van der Waals surface area contributed by atoms with Crippen LogP contribution in [0, 0.1) is 0 Å². The largest absolute Gasteiger partial charge is 0.349 e. The normalized spacial score (nSPS) is 16.8. The minimum absolute atomic E-state index is 0.673. The highest BCUT2D eigenvalue weighted by Gasteiger charge is 2.18. The van der Waals surface area contributed by atoms with E-state index in [0.717, 1.165) is 38.3 Å². The zero-order valence-electron chi connectivity index (χ0n) is 11.2. The van der Waals surface area contributed by atoms with Crippen molar-refractivity contribution in [1.82, 2.24) is 24.8 Å². The third-order valence-corrected chi connectivity index (χ3v) is 3.87. The molecule has 0 radical (unpaired) electrons. The zero-order chi connectivity index (χ0) is 12.9. The second-order valence-electron chi connectivity index (χ2n) is 5.18. The number of aromatic amines is 1. The molecule has 0 aromatic carbocycles. The Bertz CT molecular complexity index is 482. The highest BCUT2D eigenvalue weighted by atomic mass is 15.0. The van der Waals surface area contributed by atoms with Crippen molar-refractivity contribution >= 4 is 0 Å². The predicted molar refractivity (Wildman–Crippen MR) is 74.0 cm³/mol. The topological polar surface area (TPSA) is 58.5 Å². The molecule has 2 N–H and O–H groups in total. The molecule has 0 saturated carbocycles. The number of aryl methyl sites for hydroxylation is 2. The van der Waals surface area contributed by atoms with Crippen LogP contribution in [0.5, 0.6) is 0 Å². The summed E-state index contributed by atoms with van der Waals surface area (Å²) in [7, 11) is 0. The van der Waals surface area contributed by atoms with Crippen LogP contribution < -0.4 is 5.32 Å². The molecule has 5 heteroatoms. The van der Waals surface area contributed by atoms with Gasteiger partial charge in [0.15, 0.2) is 0 Å². The fraction of sp³-hybridized carbons (Fsp3) is 0.571. The SMILES string of the molecule is c1c[nH]c(CCCn2cncc2C2CCNCC2)n1. The molecular formula is C14H21N5. The summed E-state index contributed by atoms with van der Waals surface area (Å²) in [4.78, 5) is 11.7. The van der Waals surface area contributed by atoms with E-state index in [2.05, 4.69) is 24.8 Å². The predicted octanol–water partition coefficient (Wildman–Crippen LogP) is 1.71. The molecule has 19 heavy (non-hydrogen) atoms. The number of hydrogen-bond acceptors (Lipinski definition) is 3. The second kappa shape index (κ2) is 6.02. The molecule has 0 aliphatic carbocycles. The van der Waals surface area contributed by atoms with E-state index >= 15 is 0 Å². The Morgan fingerprint density at radius 1 is 1.32 bits per heavy atom. The maximum Gasteiger partial charge on any atom is 0.106 e. The van der Waals surface area contributed by atoms with Gasteiger partial charge in [0.1, 0.15) is 5.82 Å². The van der Waals surface area contributed by atoms with Gasteiger partial charge in [0.05, 0.1) is 6.33 Å². The van der Waals surface area contributed by atoms with E-state index in [1.165, 1.54) is 18.5 Å². The number of aromatic nitrogens is 4. The summed E-state index contributed by atoms with van der Waals surface area (Å²) in [6, 6.07) is 0. The smallest absolute Gasteiger partial charge is 0.106 e. The van der Waals surface area contributed by atoms with E-state index in [4.69, 9.17) is 0 Å². The lowest BCUT2D eigenvalue weighted by Gasteiger charge is -2.23. The van der Waals surface area contributed by atoms with Gasteiger partial charge in [-0.2, -0.15) is 0 Å². The van der Waals surface area contributed by atoms with Crippen molar-refractivity contribution in [3.63, 3.8) is 0 Å². The molecule has 1 fully saturated rings. The van der Waals surface area contributed by atoms with E-state index in [0.29, 0.717) is 5.92 Å². The van der Waals surface area contributed by atoms with Crippen LogP contribution in [0.25, 0.3) is 0 Å². The molecular weight excluding hydrogens is 238 g/mol. The van der Waals surface area contributed by atoms with E-state index < -0.39 is 0 Å². The first-order valence-electron chi connectivity index (χ1n) is 7.12. The first kappa shape index (κ1) is 12.4. The molecule has 1 aliphatic rings.